The second kappa shape index (κ2) is 4.16. The van der Waals surface area contributed by atoms with E-state index in [2.05, 4.69) is 0 Å². The molecule has 1 heterocycles. The van der Waals surface area contributed by atoms with E-state index in [-0.39, 0.29) is 0 Å². The van der Waals surface area contributed by atoms with E-state index in [0.29, 0.717) is 17.1 Å². The number of hydrogen-bond acceptors (Lipinski definition) is 3. The van der Waals surface area contributed by atoms with Gasteiger partial charge in [0, 0.05) is 5.56 Å². The summed E-state index contributed by atoms with van der Waals surface area (Å²) in [6, 6.07) is 15.7. The molecule has 2 aromatic carbocycles. The van der Waals surface area contributed by atoms with Crippen LogP contribution in [0.3, 0.4) is 0 Å². The highest BCUT2D eigenvalue weighted by molar-refractivity contribution is 7.53. The lowest BCUT2D eigenvalue weighted by Gasteiger charge is -2.30. The minimum atomic E-state index is -3.87. The molecule has 18 heavy (non-hydrogen) atoms. The lowest BCUT2D eigenvalue weighted by atomic mass is 10.2. The molecule has 1 N–H and O–H groups in total. The summed E-state index contributed by atoms with van der Waals surface area (Å²) in [6.07, 6.45) is 0. The van der Waals surface area contributed by atoms with Gasteiger partial charge in [0.15, 0.2) is 11.5 Å². The van der Waals surface area contributed by atoms with Gasteiger partial charge >= 0.3 is 7.60 Å². The molecule has 2 aromatic rings. The van der Waals surface area contributed by atoms with Crippen molar-refractivity contribution in [2.24, 2.45) is 0 Å². The van der Waals surface area contributed by atoms with Crippen LogP contribution in [-0.2, 0) is 4.57 Å². The number of rotatable bonds is 1. The summed E-state index contributed by atoms with van der Waals surface area (Å²) in [5, 5.41) is 0. The van der Waals surface area contributed by atoms with Crippen molar-refractivity contribution in [2.75, 3.05) is 0 Å². The molecule has 0 radical (unpaired) electrons. The predicted molar refractivity (Wildman–Crippen MR) is 66.7 cm³/mol. The van der Waals surface area contributed by atoms with Crippen LogP contribution in [0, 0.1) is 0 Å². The Morgan fingerprint density at radius 2 is 1.56 bits per heavy atom. The van der Waals surface area contributed by atoms with E-state index in [1.807, 2.05) is 6.07 Å². The Labute approximate surface area is 104 Å². The first-order valence-electron chi connectivity index (χ1n) is 5.49. The number of hydrogen-bond donors (Lipinski definition) is 1. The number of benzene rings is 2. The third-order valence-corrected chi connectivity index (χ3v) is 4.15. The summed E-state index contributed by atoms with van der Waals surface area (Å²) >= 11 is 0. The molecule has 0 bridgehead atoms. The molecule has 0 spiro atoms. The summed E-state index contributed by atoms with van der Waals surface area (Å²) in [5.41, 5.74) is 0.623. The highest BCUT2D eigenvalue weighted by Crippen LogP contribution is 2.61. The van der Waals surface area contributed by atoms with Crippen LogP contribution >= 0.6 is 7.60 Å². The SMILES string of the molecule is O=P1(O)Oc2ccccc2OC1c1ccccc1. The molecular formula is C13H11O4P. The molecule has 0 amide bonds. The van der Waals surface area contributed by atoms with Crippen molar-refractivity contribution in [3.63, 3.8) is 0 Å². The third kappa shape index (κ3) is 1.90. The van der Waals surface area contributed by atoms with Gasteiger partial charge in [-0.15, -0.1) is 0 Å². The summed E-state index contributed by atoms with van der Waals surface area (Å²) < 4.78 is 22.9. The van der Waals surface area contributed by atoms with Crippen LogP contribution in [0.1, 0.15) is 11.4 Å². The van der Waals surface area contributed by atoms with Gasteiger partial charge in [-0.25, -0.2) is 4.57 Å². The lowest BCUT2D eigenvalue weighted by molar-refractivity contribution is 0.201. The fraction of sp³-hybridized carbons (Fsp3) is 0.0769. The molecule has 5 heteroatoms. The average Bonchev–Trinajstić information content (AvgIpc) is 2.38. The molecule has 0 saturated heterocycles. The minimum absolute atomic E-state index is 0.301. The molecule has 2 atom stereocenters. The van der Waals surface area contributed by atoms with E-state index in [1.165, 1.54) is 0 Å². The molecule has 2 unspecified atom stereocenters. The van der Waals surface area contributed by atoms with Crippen molar-refractivity contribution in [3.8, 4) is 11.5 Å². The number of para-hydroxylation sites is 2. The Morgan fingerprint density at radius 1 is 0.944 bits per heavy atom. The van der Waals surface area contributed by atoms with Crippen molar-refractivity contribution in [1.82, 2.24) is 0 Å². The summed E-state index contributed by atoms with van der Waals surface area (Å²) in [6.45, 7) is 0. The smallest absolute Gasteiger partial charge is 0.421 e. The Hall–Kier alpha value is -1.77. The van der Waals surface area contributed by atoms with Gasteiger partial charge < -0.3 is 14.2 Å². The zero-order valence-corrected chi connectivity index (χ0v) is 10.3. The molecule has 1 aliphatic rings. The van der Waals surface area contributed by atoms with Crippen LogP contribution < -0.4 is 9.26 Å². The first-order chi connectivity index (χ1) is 8.67. The first-order valence-corrected chi connectivity index (χ1v) is 7.14. The van der Waals surface area contributed by atoms with Crippen molar-refractivity contribution >= 4 is 7.60 Å². The van der Waals surface area contributed by atoms with Crippen LogP contribution in [-0.4, -0.2) is 4.89 Å². The molecule has 0 fully saturated rings. The van der Waals surface area contributed by atoms with E-state index in [0.717, 1.165) is 0 Å². The average molecular weight is 262 g/mol. The van der Waals surface area contributed by atoms with Gasteiger partial charge in [0.25, 0.3) is 0 Å². The molecule has 0 aliphatic carbocycles. The normalized spacial score (nSPS) is 25.7. The fourth-order valence-electron chi connectivity index (χ4n) is 1.87. The van der Waals surface area contributed by atoms with Crippen LogP contribution in [0.5, 0.6) is 11.5 Å². The van der Waals surface area contributed by atoms with Crippen molar-refractivity contribution < 1.29 is 18.7 Å². The monoisotopic (exact) mass is 262 g/mol. The van der Waals surface area contributed by atoms with Crippen LogP contribution in [0.4, 0.5) is 0 Å². The highest BCUT2D eigenvalue weighted by Gasteiger charge is 2.42. The second-order valence-electron chi connectivity index (χ2n) is 3.98. The highest BCUT2D eigenvalue weighted by atomic mass is 31.2. The topological polar surface area (TPSA) is 55.8 Å². The third-order valence-electron chi connectivity index (χ3n) is 2.70. The maximum absolute atomic E-state index is 12.1. The maximum atomic E-state index is 12.1. The maximum Gasteiger partial charge on any atom is 0.421 e. The summed E-state index contributed by atoms with van der Waals surface area (Å²) in [5.74, 6) is -0.198. The summed E-state index contributed by atoms with van der Waals surface area (Å²) in [7, 11) is -3.87. The first kappa shape index (κ1) is 11.3. The summed E-state index contributed by atoms with van der Waals surface area (Å²) in [4.78, 5) is 9.94. The van der Waals surface area contributed by atoms with Crippen LogP contribution in [0.2, 0.25) is 0 Å². The van der Waals surface area contributed by atoms with E-state index < -0.39 is 13.4 Å². The molecule has 0 aromatic heterocycles. The molecule has 92 valence electrons. The van der Waals surface area contributed by atoms with Gasteiger partial charge in [0.2, 0.25) is 5.85 Å². The molecule has 1 aliphatic heterocycles. The van der Waals surface area contributed by atoms with Gasteiger partial charge in [-0.1, -0.05) is 42.5 Å². The largest absolute Gasteiger partial charge is 0.468 e. The quantitative estimate of drug-likeness (QED) is 0.801. The Morgan fingerprint density at radius 3 is 2.28 bits per heavy atom. The Bertz CT molecular complexity index is 611. The van der Waals surface area contributed by atoms with E-state index >= 15 is 0 Å². The van der Waals surface area contributed by atoms with Gasteiger partial charge in [-0.05, 0) is 12.1 Å². The van der Waals surface area contributed by atoms with Crippen molar-refractivity contribution in [1.29, 1.82) is 0 Å². The minimum Gasteiger partial charge on any atom is -0.468 e. The number of ether oxygens (including phenoxy) is 1. The fourth-order valence-corrected chi connectivity index (χ4v) is 3.20. The molecule has 3 rings (SSSR count). The van der Waals surface area contributed by atoms with Crippen LogP contribution in [0.15, 0.2) is 54.6 Å². The standard InChI is InChI=1S/C13H11O4P/c14-18(15)13(10-6-2-1-3-7-10)16-11-8-4-5-9-12(11)17-18/h1-9,13H,(H,14,15). The van der Waals surface area contributed by atoms with Gasteiger partial charge in [-0.2, -0.15) is 0 Å². The van der Waals surface area contributed by atoms with E-state index in [9.17, 15) is 9.46 Å². The Balaban J connectivity index is 2.05. The molecule has 4 nitrogen and oxygen atoms in total. The zero-order chi connectivity index (χ0) is 12.6. The Kier molecular flexibility index (Phi) is 2.62. The molecule has 0 saturated carbocycles. The van der Waals surface area contributed by atoms with Crippen LogP contribution in [0.25, 0.3) is 0 Å². The second-order valence-corrected chi connectivity index (χ2v) is 5.76. The van der Waals surface area contributed by atoms with E-state index in [4.69, 9.17) is 9.26 Å². The lowest BCUT2D eigenvalue weighted by Crippen LogP contribution is -2.16. The molecular weight excluding hydrogens is 251 g/mol. The predicted octanol–water partition coefficient (Wildman–Crippen LogP) is 3.34. The van der Waals surface area contributed by atoms with Gasteiger partial charge in [0.05, 0.1) is 0 Å². The van der Waals surface area contributed by atoms with E-state index in [1.54, 1.807) is 48.5 Å². The van der Waals surface area contributed by atoms with Crippen molar-refractivity contribution in [2.45, 2.75) is 5.85 Å². The van der Waals surface area contributed by atoms with Gasteiger partial charge in [-0.3, -0.25) is 0 Å². The van der Waals surface area contributed by atoms with Gasteiger partial charge in [0.1, 0.15) is 0 Å². The number of fused-ring (bicyclic) bond motifs is 1. The van der Waals surface area contributed by atoms with Crippen molar-refractivity contribution in [3.05, 3.63) is 60.2 Å². The zero-order valence-electron chi connectivity index (χ0n) is 9.39.